The molecule has 0 spiro atoms. The molecule has 0 fully saturated rings. The highest BCUT2D eigenvalue weighted by Crippen LogP contribution is 2.33. The molecule has 0 N–H and O–H groups in total. The lowest BCUT2D eigenvalue weighted by Gasteiger charge is -2.00. The van der Waals surface area contributed by atoms with E-state index in [1.807, 2.05) is 30.3 Å². The Labute approximate surface area is 108 Å². The highest BCUT2D eigenvalue weighted by Gasteiger charge is 2.19. The lowest BCUT2D eigenvalue weighted by molar-refractivity contribution is 0.0602. The van der Waals surface area contributed by atoms with Gasteiger partial charge in [-0.25, -0.2) is 4.79 Å². The fraction of sp³-hybridized carbons (Fsp3) is 0.312. The molecule has 2 aliphatic rings. The minimum Gasteiger partial charge on any atom is -0.465 e. The zero-order valence-corrected chi connectivity index (χ0v) is 10.9. The van der Waals surface area contributed by atoms with E-state index in [0.29, 0.717) is 5.56 Å². The van der Waals surface area contributed by atoms with Gasteiger partial charge in [0, 0.05) is 0 Å². The molecule has 0 amide bonds. The topological polar surface area (TPSA) is 26.3 Å². The first-order valence-corrected chi connectivity index (χ1v) is 6.37. The van der Waals surface area contributed by atoms with Crippen molar-refractivity contribution in [2.24, 2.45) is 0 Å². The van der Waals surface area contributed by atoms with Gasteiger partial charge in [-0.1, -0.05) is 43.7 Å². The SMILES string of the molecule is CCCCc1cc(C(=O)OC)c2cccccc1-2. The average molecular weight is 242 g/mol. The third-order valence-corrected chi connectivity index (χ3v) is 3.20. The summed E-state index contributed by atoms with van der Waals surface area (Å²) in [4.78, 5) is 11.8. The fourth-order valence-corrected chi connectivity index (χ4v) is 2.24. The summed E-state index contributed by atoms with van der Waals surface area (Å²) in [7, 11) is 1.43. The molecular weight excluding hydrogens is 224 g/mol. The van der Waals surface area contributed by atoms with E-state index in [1.54, 1.807) is 0 Å². The Morgan fingerprint density at radius 1 is 1.17 bits per heavy atom. The standard InChI is InChI=1S/C16H18O2/c1-3-4-8-12-11-15(16(17)18-2)14-10-7-5-6-9-13(12)14/h5-7,9-11H,3-4,8H2,1-2H3. The van der Waals surface area contributed by atoms with Crippen molar-refractivity contribution in [2.45, 2.75) is 26.2 Å². The van der Waals surface area contributed by atoms with Gasteiger partial charge in [0.2, 0.25) is 0 Å². The first kappa shape index (κ1) is 12.6. The second-order valence-electron chi connectivity index (χ2n) is 4.42. The van der Waals surface area contributed by atoms with Gasteiger partial charge in [-0.05, 0) is 35.6 Å². The van der Waals surface area contributed by atoms with Crippen LogP contribution in [-0.4, -0.2) is 13.1 Å². The van der Waals surface area contributed by atoms with Gasteiger partial charge in [-0.15, -0.1) is 0 Å². The molecule has 0 atom stereocenters. The van der Waals surface area contributed by atoms with E-state index in [0.717, 1.165) is 30.4 Å². The van der Waals surface area contributed by atoms with Gasteiger partial charge in [-0.2, -0.15) is 0 Å². The number of carbonyl (C=O) groups is 1. The van der Waals surface area contributed by atoms with Gasteiger partial charge in [-0.3, -0.25) is 0 Å². The molecule has 0 saturated heterocycles. The van der Waals surface area contributed by atoms with Gasteiger partial charge >= 0.3 is 5.97 Å². The van der Waals surface area contributed by atoms with Crippen molar-refractivity contribution < 1.29 is 9.53 Å². The van der Waals surface area contributed by atoms with Crippen LogP contribution in [0.4, 0.5) is 0 Å². The number of ether oxygens (including phenoxy) is 1. The monoisotopic (exact) mass is 242 g/mol. The van der Waals surface area contributed by atoms with Gasteiger partial charge in [0.1, 0.15) is 0 Å². The first-order chi connectivity index (χ1) is 8.77. The number of methoxy groups -OCH3 is 1. The van der Waals surface area contributed by atoms with Crippen LogP contribution in [0.3, 0.4) is 0 Å². The van der Waals surface area contributed by atoms with E-state index >= 15 is 0 Å². The molecule has 0 unspecified atom stereocenters. The van der Waals surface area contributed by atoms with Gasteiger partial charge in [0.25, 0.3) is 0 Å². The van der Waals surface area contributed by atoms with Crippen LogP contribution in [0.15, 0.2) is 36.4 Å². The van der Waals surface area contributed by atoms with Crippen LogP contribution < -0.4 is 0 Å². The second-order valence-corrected chi connectivity index (χ2v) is 4.42. The lowest BCUT2D eigenvalue weighted by Crippen LogP contribution is -1.99. The van der Waals surface area contributed by atoms with Crippen molar-refractivity contribution in [2.75, 3.05) is 7.11 Å². The lowest BCUT2D eigenvalue weighted by atomic mass is 10.0. The number of aryl methyl sites for hydroxylation is 1. The predicted molar refractivity (Wildman–Crippen MR) is 73.0 cm³/mol. The van der Waals surface area contributed by atoms with Crippen molar-refractivity contribution in [3.05, 3.63) is 47.5 Å². The number of esters is 1. The Balaban J connectivity index is 2.50. The van der Waals surface area contributed by atoms with E-state index in [4.69, 9.17) is 4.74 Å². The van der Waals surface area contributed by atoms with Crippen LogP contribution in [0.25, 0.3) is 11.1 Å². The second kappa shape index (κ2) is 5.67. The maximum absolute atomic E-state index is 11.8. The van der Waals surface area contributed by atoms with E-state index in [-0.39, 0.29) is 5.97 Å². The highest BCUT2D eigenvalue weighted by atomic mass is 16.5. The fourth-order valence-electron chi connectivity index (χ4n) is 2.24. The van der Waals surface area contributed by atoms with E-state index in [9.17, 15) is 4.79 Å². The van der Waals surface area contributed by atoms with Crippen LogP contribution in [0.1, 0.15) is 35.7 Å². The van der Waals surface area contributed by atoms with Crippen LogP contribution in [0.2, 0.25) is 0 Å². The molecule has 2 nitrogen and oxygen atoms in total. The molecule has 0 heterocycles. The highest BCUT2D eigenvalue weighted by molar-refractivity contribution is 6.00. The number of hydrogen-bond acceptors (Lipinski definition) is 2. The van der Waals surface area contributed by atoms with E-state index in [1.165, 1.54) is 12.7 Å². The third-order valence-electron chi connectivity index (χ3n) is 3.20. The molecule has 2 aliphatic carbocycles. The Hall–Kier alpha value is -1.83. The molecule has 0 aromatic carbocycles. The zero-order chi connectivity index (χ0) is 13.0. The van der Waals surface area contributed by atoms with Gasteiger partial charge in [0.15, 0.2) is 0 Å². The molecule has 0 aromatic heterocycles. The predicted octanol–water partition coefficient (Wildman–Crippen LogP) is 3.92. The zero-order valence-electron chi connectivity index (χ0n) is 10.9. The first-order valence-electron chi connectivity index (χ1n) is 6.37. The number of carbonyl (C=O) groups excluding carboxylic acids is 1. The molecular formula is C16H18O2. The third kappa shape index (κ3) is 2.37. The molecule has 2 heteroatoms. The molecule has 0 aliphatic heterocycles. The summed E-state index contributed by atoms with van der Waals surface area (Å²) >= 11 is 0. The summed E-state index contributed by atoms with van der Waals surface area (Å²) < 4.78 is 4.85. The molecule has 0 bridgehead atoms. The summed E-state index contributed by atoms with van der Waals surface area (Å²) in [5, 5.41) is 0. The number of fused-ring (bicyclic) bond motifs is 1. The largest absolute Gasteiger partial charge is 0.465 e. The van der Waals surface area contributed by atoms with Crippen LogP contribution in [0.5, 0.6) is 0 Å². The Bertz CT molecular complexity index is 517. The normalized spacial score (nSPS) is 10.6. The van der Waals surface area contributed by atoms with Crippen molar-refractivity contribution >= 4 is 5.97 Å². The summed E-state index contributed by atoms with van der Waals surface area (Å²) in [6, 6.07) is 12.0. The van der Waals surface area contributed by atoms with Crippen LogP contribution in [0, 0.1) is 0 Å². The molecule has 18 heavy (non-hydrogen) atoms. The summed E-state index contributed by atoms with van der Waals surface area (Å²) in [5.41, 5.74) is 4.06. The smallest absolute Gasteiger partial charge is 0.338 e. The molecule has 0 saturated carbocycles. The van der Waals surface area contributed by atoms with Crippen molar-refractivity contribution in [3.8, 4) is 11.1 Å². The Morgan fingerprint density at radius 3 is 2.56 bits per heavy atom. The van der Waals surface area contributed by atoms with Crippen LogP contribution in [-0.2, 0) is 11.2 Å². The molecule has 2 rings (SSSR count). The van der Waals surface area contributed by atoms with Crippen molar-refractivity contribution in [1.82, 2.24) is 0 Å². The van der Waals surface area contributed by atoms with Gasteiger partial charge < -0.3 is 4.74 Å². The van der Waals surface area contributed by atoms with Crippen LogP contribution >= 0.6 is 0 Å². The summed E-state index contributed by atoms with van der Waals surface area (Å²) in [5.74, 6) is -0.256. The van der Waals surface area contributed by atoms with E-state index < -0.39 is 0 Å². The van der Waals surface area contributed by atoms with Crippen molar-refractivity contribution in [1.29, 1.82) is 0 Å². The minimum atomic E-state index is -0.256. The van der Waals surface area contributed by atoms with Crippen molar-refractivity contribution in [3.63, 3.8) is 0 Å². The Morgan fingerprint density at radius 2 is 1.89 bits per heavy atom. The molecule has 0 aromatic rings. The number of unbranched alkanes of at least 4 members (excludes halogenated alkanes) is 1. The average Bonchev–Trinajstić information content (AvgIpc) is 2.58. The maximum Gasteiger partial charge on any atom is 0.338 e. The Kier molecular flexibility index (Phi) is 3.98. The number of rotatable bonds is 4. The maximum atomic E-state index is 11.8. The van der Waals surface area contributed by atoms with Gasteiger partial charge in [0.05, 0.1) is 12.7 Å². The van der Waals surface area contributed by atoms with E-state index in [2.05, 4.69) is 13.0 Å². The number of hydrogen-bond donors (Lipinski definition) is 0. The summed E-state index contributed by atoms with van der Waals surface area (Å²) in [6.07, 6.45) is 3.30. The summed E-state index contributed by atoms with van der Waals surface area (Å²) in [6.45, 7) is 2.17. The quantitative estimate of drug-likeness (QED) is 0.759. The molecule has 0 radical (unpaired) electrons. The minimum absolute atomic E-state index is 0.256. The molecule has 94 valence electrons.